The molecule has 9 nitrogen and oxygen atoms in total. The molecule has 0 aromatic heterocycles. The minimum absolute atomic E-state index is 0.0411. The molecule has 9 heteroatoms. The summed E-state index contributed by atoms with van der Waals surface area (Å²) in [4.78, 5) is 51.8. The van der Waals surface area contributed by atoms with Gasteiger partial charge in [0, 0.05) is 13.1 Å². The minimum Gasteiger partial charge on any atom is -0.494 e. The summed E-state index contributed by atoms with van der Waals surface area (Å²) >= 11 is 0. The van der Waals surface area contributed by atoms with Crippen LogP contribution in [-0.2, 0) is 16.1 Å². The highest BCUT2D eigenvalue weighted by Gasteiger charge is 2.37. The van der Waals surface area contributed by atoms with Gasteiger partial charge in [-0.3, -0.25) is 29.4 Å². The highest BCUT2D eigenvalue weighted by Crippen LogP contribution is 2.27. The first-order valence-electron chi connectivity index (χ1n) is 12.6. The van der Waals surface area contributed by atoms with Crippen molar-refractivity contribution in [3.05, 3.63) is 65.2 Å². The molecule has 2 aromatic carbocycles. The number of ether oxygens (including phenoxy) is 1. The molecule has 3 rings (SSSR count). The zero-order chi connectivity index (χ0) is 26.9. The number of nitrogens with zero attached hydrogens (tertiary/aromatic N) is 1. The van der Waals surface area contributed by atoms with Crippen molar-refractivity contribution in [2.45, 2.75) is 58.7 Å². The first-order valence-corrected chi connectivity index (χ1v) is 12.6. The number of benzene rings is 2. The number of rotatable bonds is 14. The number of nitrogens with one attached hydrogen (secondary N) is 2. The Morgan fingerprint density at radius 1 is 1.00 bits per heavy atom. The first-order chi connectivity index (χ1) is 17.7. The average molecular weight is 510 g/mol. The van der Waals surface area contributed by atoms with Gasteiger partial charge in [0.25, 0.3) is 11.8 Å². The number of hydrogen-bond acceptors (Lipinski definition) is 6. The van der Waals surface area contributed by atoms with Gasteiger partial charge in [-0.15, -0.1) is 0 Å². The average Bonchev–Trinajstić information content (AvgIpc) is 3.11. The highest BCUT2D eigenvalue weighted by atomic mass is 16.5. The van der Waals surface area contributed by atoms with E-state index in [4.69, 9.17) is 4.74 Å². The predicted octanol–water partition coefficient (Wildman–Crippen LogP) is 3.24. The fraction of sp³-hybridized carbons (Fsp3) is 0.429. The van der Waals surface area contributed by atoms with E-state index in [1.165, 1.54) is 0 Å². The lowest BCUT2D eigenvalue weighted by Gasteiger charge is -2.25. The molecule has 2 atom stereocenters. The SMILES string of the molecule is CCCOc1ccc2c(c1)C(=O)N(CCC(NC(CC(C)C)C(=O)NCc1ccccc1)C(=O)O)C2=O. The smallest absolute Gasteiger partial charge is 0.320 e. The second-order valence-electron chi connectivity index (χ2n) is 9.55. The fourth-order valence-electron chi connectivity index (χ4n) is 4.19. The molecular weight excluding hydrogens is 474 g/mol. The van der Waals surface area contributed by atoms with E-state index in [1.54, 1.807) is 18.2 Å². The summed E-state index contributed by atoms with van der Waals surface area (Å²) in [6, 6.07) is 12.3. The van der Waals surface area contributed by atoms with Crippen LogP contribution in [0, 0.1) is 5.92 Å². The summed E-state index contributed by atoms with van der Waals surface area (Å²) in [5.74, 6) is -1.77. The molecule has 2 aromatic rings. The first kappa shape index (κ1) is 27.9. The number of fused-ring (bicyclic) bond motifs is 1. The van der Waals surface area contributed by atoms with Gasteiger partial charge in [0.2, 0.25) is 5.91 Å². The van der Waals surface area contributed by atoms with Gasteiger partial charge in [0.1, 0.15) is 11.8 Å². The second-order valence-corrected chi connectivity index (χ2v) is 9.55. The van der Waals surface area contributed by atoms with Crippen molar-refractivity contribution < 1.29 is 29.0 Å². The lowest BCUT2D eigenvalue weighted by Crippen LogP contribution is -2.52. The van der Waals surface area contributed by atoms with Crippen LogP contribution in [0.15, 0.2) is 48.5 Å². The maximum atomic E-state index is 12.9. The van der Waals surface area contributed by atoms with E-state index >= 15 is 0 Å². The quantitative estimate of drug-likeness (QED) is 0.334. The molecule has 0 radical (unpaired) electrons. The normalized spacial score (nSPS) is 14.4. The van der Waals surface area contributed by atoms with E-state index in [0.29, 0.717) is 25.3 Å². The second kappa shape index (κ2) is 13.0. The predicted molar refractivity (Wildman–Crippen MR) is 138 cm³/mol. The molecule has 2 unspecified atom stereocenters. The molecule has 37 heavy (non-hydrogen) atoms. The van der Waals surface area contributed by atoms with Crippen molar-refractivity contribution in [3.63, 3.8) is 0 Å². The van der Waals surface area contributed by atoms with E-state index in [0.717, 1.165) is 16.9 Å². The van der Waals surface area contributed by atoms with Crippen molar-refractivity contribution in [2.75, 3.05) is 13.2 Å². The molecule has 1 aliphatic heterocycles. The van der Waals surface area contributed by atoms with Crippen LogP contribution in [0.25, 0.3) is 0 Å². The van der Waals surface area contributed by atoms with Crippen LogP contribution in [0.2, 0.25) is 0 Å². The van der Waals surface area contributed by atoms with Crippen LogP contribution in [0.1, 0.15) is 66.3 Å². The van der Waals surface area contributed by atoms with Crippen LogP contribution >= 0.6 is 0 Å². The minimum atomic E-state index is -1.16. The molecule has 3 N–H and O–H groups in total. The van der Waals surface area contributed by atoms with Crippen molar-refractivity contribution in [1.29, 1.82) is 0 Å². The summed E-state index contributed by atoms with van der Waals surface area (Å²) in [5, 5.41) is 15.7. The maximum Gasteiger partial charge on any atom is 0.320 e. The van der Waals surface area contributed by atoms with Crippen molar-refractivity contribution in [3.8, 4) is 5.75 Å². The van der Waals surface area contributed by atoms with E-state index in [2.05, 4.69) is 10.6 Å². The summed E-state index contributed by atoms with van der Waals surface area (Å²) in [5.41, 5.74) is 1.45. The van der Waals surface area contributed by atoms with Crippen LogP contribution in [0.5, 0.6) is 5.75 Å². The Morgan fingerprint density at radius 2 is 1.70 bits per heavy atom. The summed E-state index contributed by atoms with van der Waals surface area (Å²) in [6.45, 7) is 6.59. The zero-order valence-corrected chi connectivity index (χ0v) is 21.5. The maximum absolute atomic E-state index is 12.9. The molecular formula is C28H35N3O6. The lowest BCUT2D eigenvalue weighted by atomic mass is 10.0. The Morgan fingerprint density at radius 3 is 2.35 bits per heavy atom. The Kier molecular flexibility index (Phi) is 9.79. The third-order valence-electron chi connectivity index (χ3n) is 6.09. The number of carbonyl (C=O) groups is 4. The van der Waals surface area contributed by atoms with Crippen molar-refractivity contribution in [2.24, 2.45) is 5.92 Å². The van der Waals surface area contributed by atoms with Crippen LogP contribution in [0.4, 0.5) is 0 Å². The molecule has 0 saturated carbocycles. The lowest BCUT2D eigenvalue weighted by molar-refractivity contribution is -0.140. The molecule has 0 saturated heterocycles. The van der Waals surface area contributed by atoms with Gasteiger partial charge in [-0.1, -0.05) is 51.1 Å². The number of carbonyl (C=O) groups excluding carboxylic acids is 3. The number of amides is 3. The number of hydrogen-bond donors (Lipinski definition) is 3. The summed E-state index contributed by atoms with van der Waals surface area (Å²) < 4.78 is 5.57. The third-order valence-corrected chi connectivity index (χ3v) is 6.09. The number of imide groups is 1. The van der Waals surface area contributed by atoms with Crippen LogP contribution < -0.4 is 15.4 Å². The van der Waals surface area contributed by atoms with Gasteiger partial charge in [0.05, 0.1) is 23.8 Å². The van der Waals surface area contributed by atoms with E-state index in [1.807, 2.05) is 51.1 Å². The molecule has 1 heterocycles. The molecule has 0 bridgehead atoms. The van der Waals surface area contributed by atoms with Gasteiger partial charge in [-0.05, 0) is 48.9 Å². The standard InChI is InChI=1S/C28H35N3O6/c1-4-14-37-20-10-11-21-22(16-20)27(34)31(26(21)33)13-12-23(28(35)36)30-24(15-18(2)3)25(32)29-17-19-8-6-5-7-9-19/h5-11,16,18,23-24,30H,4,12-15,17H2,1-3H3,(H,29,32)(H,35,36). The van der Waals surface area contributed by atoms with Gasteiger partial charge < -0.3 is 15.2 Å². The summed E-state index contributed by atoms with van der Waals surface area (Å²) in [6.07, 6.45) is 1.19. The Balaban J connectivity index is 1.65. The van der Waals surface area contributed by atoms with E-state index in [9.17, 15) is 24.3 Å². The molecule has 0 fully saturated rings. The zero-order valence-electron chi connectivity index (χ0n) is 21.5. The van der Waals surface area contributed by atoms with E-state index in [-0.39, 0.29) is 35.9 Å². The largest absolute Gasteiger partial charge is 0.494 e. The van der Waals surface area contributed by atoms with Gasteiger partial charge in [0.15, 0.2) is 0 Å². The number of carboxylic acid groups (broad SMARTS) is 1. The number of carboxylic acids is 1. The fourth-order valence-corrected chi connectivity index (χ4v) is 4.19. The van der Waals surface area contributed by atoms with Crippen LogP contribution in [-0.4, -0.2) is 58.9 Å². The Hall–Kier alpha value is -3.72. The highest BCUT2D eigenvalue weighted by molar-refractivity contribution is 6.21. The summed E-state index contributed by atoms with van der Waals surface area (Å²) in [7, 11) is 0. The third kappa shape index (κ3) is 7.39. The molecule has 1 aliphatic rings. The molecule has 198 valence electrons. The van der Waals surface area contributed by atoms with Gasteiger partial charge in [-0.25, -0.2) is 0 Å². The Bertz CT molecular complexity index is 1120. The van der Waals surface area contributed by atoms with Crippen molar-refractivity contribution in [1.82, 2.24) is 15.5 Å². The van der Waals surface area contributed by atoms with E-state index < -0.39 is 29.9 Å². The molecule has 3 amide bonds. The monoisotopic (exact) mass is 509 g/mol. The van der Waals surface area contributed by atoms with Gasteiger partial charge in [-0.2, -0.15) is 0 Å². The van der Waals surface area contributed by atoms with Crippen molar-refractivity contribution >= 4 is 23.7 Å². The topological polar surface area (TPSA) is 125 Å². The molecule has 0 aliphatic carbocycles. The molecule has 0 spiro atoms. The van der Waals surface area contributed by atoms with Crippen LogP contribution in [0.3, 0.4) is 0 Å². The number of aliphatic carboxylic acids is 1. The van der Waals surface area contributed by atoms with Gasteiger partial charge >= 0.3 is 5.97 Å². The Labute approximate surface area is 217 Å².